The minimum Gasteiger partial charge on any atom is -0.380 e. The van der Waals surface area contributed by atoms with Crippen molar-refractivity contribution in [3.8, 4) is 0 Å². The number of Topliss-reactive ketones (excluding diaryl/α,β-unsaturated/α-hetero) is 1. The second-order valence-electron chi connectivity index (χ2n) is 7.61. The van der Waals surface area contributed by atoms with Crippen LogP contribution in [0.15, 0.2) is 0 Å². The van der Waals surface area contributed by atoms with Crippen molar-refractivity contribution >= 4 is 5.78 Å². The van der Waals surface area contributed by atoms with Gasteiger partial charge in [-0.1, -0.05) is 0 Å². The molecule has 2 aliphatic carbocycles. The molecule has 3 nitrogen and oxygen atoms in total. The Balaban J connectivity index is 1.29. The monoisotopic (exact) mass is 293 g/mol. The maximum Gasteiger partial charge on any atom is 0.132 e. The molecule has 0 radical (unpaired) electrons. The van der Waals surface area contributed by atoms with E-state index in [9.17, 15) is 4.79 Å². The highest BCUT2D eigenvalue weighted by molar-refractivity contribution is 5.79. The highest BCUT2D eigenvalue weighted by Gasteiger charge is 2.37. The van der Waals surface area contributed by atoms with E-state index in [1.54, 1.807) is 0 Å². The smallest absolute Gasteiger partial charge is 0.132 e. The molecule has 3 rings (SSSR count). The first kappa shape index (κ1) is 15.5. The molecule has 0 amide bonds. The van der Waals surface area contributed by atoms with Crippen molar-refractivity contribution < 1.29 is 9.53 Å². The number of ketones is 1. The topological polar surface area (TPSA) is 29.5 Å². The van der Waals surface area contributed by atoms with E-state index in [0.717, 1.165) is 51.4 Å². The molecule has 1 aliphatic heterocycles. The molecular weight excluding hydrogens is 262 g/mol. The average molecular weight is 293 g/mol. The van der Waals surface area contributed by atoms with Crippen molar-refractivity contribution in [2.45, 2.75) is 64.2 Å². The van der Waals surface area contributed by atoms with Gasteiger partial charge in [0, 0.05) is 26.0 Å². The van der Waals surface area contributed by atoms with Crippen molar-refractivity contribution in [1.29, 1.82) is 0 Å². The summed E-state index contributed by atoms with van der Waals surface area (Å²) in [5.41, 5.74) is 0.528. The van der Waals surface area contributed by atoms with Gasteiger partial charge in [0.1, 0.15) is 5.78 Å². The molecule has 1 saturated heterocycles. The summed E-state index contributed by atoms with van der Waals surface area (Å²) < 4.78 is 5.93. The predicted octanol–water partition coefficient (Wildman–Crippen LogP) is 3.42. The summed E-state index contributed by atoms with van der Waals surface area (Å²) in [4.78, 5) is 13.9. The largest absolute Gasteiger partial charge is 0.380 e. The first-order chi connectivity index (χ1) is 10.3. The van der Waals surface area contributed by atoms with Crippen LogP contribution in [0.4, 0.5) is 0 Å². The molecule has 120 valence electrons. The van der Waals surface area contributed by atoms with Gasteiger partial charge in [0.15, 0.2) is 0 Å². The van der Waals surface area contributed by atoms with E-state index >= 15 is 0 Å². The molecule has 1 heterocycles. The summed E-state index contributed by atoms with van der Waals surface area (Å²) in [5, 5.41) is 0. The molecule has 0 aromatic carbocycles. The molecule has 3 heteroatoms. The van der Waals surface area contributed by atoms with Crippen molar-refractivity contribution in [2.75, 3.05) is 32.8 Å². The first-order valence-electron chi connectivity index (χ1n) is 9.08. The lowest BCUT2D eigenvalue weighted by Gasteiger charge is -2.42. The summed E-state index contributed by atoms with van der Waals surface area (Å²) in [6.07, 6.45) is 12.0. The lowest BCUT2D eigenvalue weighted by molar-refractivity contribution is -0.123. The maximum absolute atomic E-state index is 11.4. The molecule has 2 saturated carbocycles. The molecular formula is C18H31NO2. The number of hydrogen-bond donors (Lipinski definition) is 0. The molecule has 0 unspecified atom stereocenters. The molecule has 0 N–H and O–H groups in total. The quantitative estimate of drug-likeness (QED) is 0.727. The van der Waals surface area contributed by atoms with Crippen LogP contribution in [0.25, 0.3) is 0 Å². The third kappa shape index (κ3) is 4.29. The van der Waals surface area contributed by atoms with Crippen molar-refractivity contribution in [3.63, 3.8) is 0 Å². The van der Waals surface area contributed by atoms with Gasteiger partial charge >= 0.3 is 0 Å². The first-order valence-corrected chi connectivity index (χ1v) is 9.08. The normalized spacial score (nSPS) is 27.5. The van der Waals surface area contributed by atoms with Crippen LogP contribution in [-0.2, 0) is 9.53 Å². The van der Waals surface area contributed by atoms with Gasteiger partial charge in [0.05, 0.1) is 6.61 Å². The predicted molar refractivity (Wildman–Crippen MR) is 84.4 cm³/mol. The lowest BCUT2D eigenvalue weighted by atomic mass is 9.63. The Morgan fingerprint density at radius 3 is 2.38 bits per heavy atom. The van der Waals surface area contributed by atoms with Gasteiger partial charge in [-0.2, -0.15) is 0 Å². The third-order valence-corrected chi connectivity index (χ3v) is 6.14. The van der Waals surface area contributed by atoms with Gasteiger partial charge in [0.2, 0.25) is 0 Å². The van der Waals surface area contributed by atoms with E-state index in [-0.39, 0.29) is 0 Å². The van der Waals surface area contributed by atoms with Gasteiger partial charge in [0.25, 0.3) is 0 Å². The van der Waals surface area contributed by atoms with Gasteiger partial charge in [-0.3, -0.25) is 4.79 Å². The Kier molecular flexibility index (Phi) is 5.33. The number of carbonyl (C=O) groups is 1. The zero-order chi connectivity index (χ0) is 14.5. The zero-order valence-corrected chi connectivity index (χ0v) is 13.4. The van der Waals surface area contributed by atoms with E-state index in [4.69, 9.17) is 4.74 Å². The number of nitrogens with zero attached hydrogens (tertiary/aromatic N) is 1. The summed E-state index contributed by atoms with van der Waals surface area (Å²) in [5.74, 6) is 1.26. The fraction of sp³-hybridized carbons (Fsp3) is 0.944. The fourth-order valence-electron chi connectivity index (χ4n) is 4.47. The number of hydrogen-bond acceptors (Lipinski definition) is 3. The lowest BCUT2D eigenvalue weighted by Crippen LogP contribution is -2.33. The van der Waals surface area contributed by atoms with Crippen LogP contribution in [0.5, 0.6) is 0 Å². The Labute approximate surface area is 129 Å². The molecule has 21 heavy (non-hydrogen) atoms. The number of likely N-dealkylation sites (tertiary alicyclic amines) is 1. The Hall–Kier alpha value is -0.410. The van der Waals surface area contributed by atoms with E-state index < -0.39 is 0 Å². The van der Waals surface area contributed by atoms with E-state index in [1.807, 2.05) is 0 Å². The van der Waals surface area contributed by atoms with Crippen LogP contribution in [-0.4, -0.2) is 43.5 Å². The van der Waals surface area contributed by atoms with Gasteiger partial charge in [-0.15, -0.1) is 0 Å². The summed E-state index contributed by atoms with van der Waals surface area (Å²) >= 11 is 0. The minimum absolute atomic E-state index is 0.494. The Morgan fingerprint density at radius 1 is 1.05 bits per heavy atom. The highest BCUT2D eigenvalue weighted by Crippen LogP contribution is 2.48. The maximum atomic E-state index is 11.4. The van der Waals surface area contributed by atoms with Crippen LogP contribution in [0.3, 0.4) is 0 Å². The van der Waals surface area contributed by atoms with Gasteiger partial charge < -0.3 is 9.64 Å². The van der Waals surface area contributed by atoms with E-state index in [2.05, 4.69) is 4.90 Å². The second-order valence-corrected chi connectivity index (χ2v) is 7.61. The summed E-state index contributed by atoms with van der Waals surface area (Å²) in [7, 11) is 0. The number of rotatable bonds is 5. The summed E-state index contributed by atoms with van der Waals surface area (Å²) in [6.45, 7) is 5.54. The minimum atomic E-state index is 0.494. The summed E-state index contributed by atoms with van der Waals surface area (Å²) in [6, 6.07) is 0. The Morgan fingerprint density at radius 2 is 1.71 bits per heavy atom. The molecule has 0 atom stereocenters. The van der Waals surface area contributed by atoms with E-state index in [1.165, 1.54) is 51.6 Å². The van der Waals surface area contributed by atoms with Gasteiger partial charge in [-0.25, -0.2) is 0 Å². The van der Waals surface area contributed by atoms with Crippen LogP contribution in [0.1, 0.15) is 64.2 Å². The molecule has 1 spiro atoms. The Bertz CT molecular complexity index is 329. The van der Waals surface area contributed by atoms with Crippen molar-refractivity contribution in [3.05, 3.63) is 0 Å². The van der Waals surface area contributed by atoms with Gasteiger partial charge in [-0.05, 0) is 75.8 Å². The highest BCUT2D eigenvalue weighted by atomic mass is 16.5. The van der Waals surface area contributed by atoms with E-state index in [0.29, 0.717) is 11.2 Å². The third-order valence-electron chi connectivity index (χ3n) is 6.14. The van der Waals surface area contributed by atoms with Crippen molar-refractivity contribution in [1.82, 2.24) is 4.90 Å². The molecule has 0 bridgehead atoms. The number of ether oxygens (including phenoxy) is 1. The van der Waals surface area contributed by atoms with Crippen LogP contribution in [0, 0.1) is 11.3 Å². The van der Waals surface area contributed by atoms with Crippen LogP contribution < -0.4 is 0 Å². The SMILES string of the molecule is O=C1CCC2(CC1)CCC(COCCN1CCCC1)CC2. The molecule has 3 fully saturated rings. The van der Waals surface area contributed by atoms with Crippen LogP contribution >= 0.6 is 0 Å². The standard InChI is InChI=1S/C18H31NO2/c20-17-5-9-18(10-6-17)7-3-16(4-8-18)15-21-14-13-19-11-1-2-12-19/h16H,1-15H2. The number of carbonyl (C=O) groups excluding carboxylic acids is 1. The second kappa shape index (κ2) is 7.23. The average Bonchev–Trinajstić information content (AvgIpc) is 3.02. The van der Waals surface area contributed by atoms with Crippen LogP contribution in [0.2, 0.25) is 0 Å². The zero-order valence-electron chi connectivity index (χ0n) is 13.4. The van der Waals surface area contributed by atoms with Crippen molar-refractivity contribution in [2.24, 2.45) is 11.3 Å². The molecule has 0 aromatic heterocycles. The molecule has 0 aromatic rings. The fourth-order valence-corrected chi connectivity index (χ4v) is 4.47. The molecule has 3 aliphatic rings.